The summed E-state index contributed by atoms with van der Waals surface area (Å²) < 4.78 is 5.16. The Bertz CT molecular complexity index is 333. The van der Waals surface area contributed by atoms with Gasteiger partial charge in [-0.1, -0.05) is 0 Å². The van der Waals surface area contributed by atoms with E-state index < -0.39 is 5.60 Å². The van der Waals surface area contributed by atoms with Crippen LogP contribution in [0.15, 0.2) is 10.8 Å². The summed E-state index contributed by atoms with van der Waals surface area (Å²) in [7, 11) is 0. The van der Waals surface area contributed by atoms with E-state index in [9.17, 15) is 5.11 Å². The van der Waals surface area contributed by atoms with Crippen molar-refractivity contribution in [3.05, 3.63) is 17.8 Å². The summed E-state index contributed by atoms with van der Waals surface area (Å²) >= 11 is 0. The molecule has 1 aliphatic heterocycles. The van der Waals surface area contributed by atoms with Crippen LogP contribution in [0.2, 0.25) is 0 Å². The largest absolute Gasteiger partial charge is 0.448 e. The number of hydrogen-bond donors (Lipinski definition) is 1. The van der Waals surface area contributed by atoms with Crippen LogP contribution in [0.5, 0.6) is 0 Å². The molecule has 0 amide bonds. The van der Waals surface area contributed by atoms with Crippen LogP contribution in [0, 0.1) is 6.92 Å². The van der Waals surface area contributed by atoms with Crippen molar-refractivity contribution in [3.8, 4) is 0 Å². The highest BCUT2D eigenvalue weighted by atomic mass is 16.3. The minimum absolute atomic E-state index is 0.546. The number of nitrogens with zero attached hydrogens (tertiary/aromatic N) is 2. The fourth-order valence-corrected chi connectivity index (χ4v) is 2.15. The molecule has 1 aliphatic rings. The van der Waals surface area contributed by atoms with Gasteiger partial charge < -0.3 is 9.52 Å². The molecule has 0 spiro atoms. The molecule has 1 fully saturated rings. The van der Waals surface area contributed by atoms with Crippen molar-refractivity contribution in [3.63, 3.8) is 0 Å². The van der Waals surface area contributed by atoms with Gasteiger partial charge in [-0.2, -0.15) is 0 Å². The Balaban J connectivity index is 1.98. The van der Waals surface area contributed by atoms with Gasteiger partial charge in [-0.3, -0.25) is 4.90 Å². The summed E-state index contributed by atoms with van der Waals surface area (Å²) in [5, 5.41) is 9.96. The number of likely N-dealkylation sites (tertiary alicyclic amines) is 1. The molecule has 1 atom stereocenters. The van der Waals surface area contributed by atoms with Gasteiger partial charge in [0.25, 0.3) is 0 Å². The molecule has 2 rings (SSSR count). The first-order chi connectivity index (χ1) is 7.07. The fraction of sp³-hybridized carbons (Fsp3) is 0.727. The molecule has 4 heteroatoms. The molecule has 0 saturated carbocycles. The zero-order valence-corrected chi connectivity index (χ0v) is 9.36. The summed E-state index contributed by atoms with van der Waals surface area (Å²) in [5.74, 6) is 0.875. The van der Waals surface area contributed by atoms with E-state index in [4.69, 9.17) is 4.42 Å². The molecule has 0 aliphatic carbocycles. The van der Waals surface area contributed by atoms with Gasteiger partial charge >= 0.3 is 0 Å². The number of aryl methyl sites for hydroxylation is 1. The Kier molecular flexibility index (Phi) is 2.80. The minimum Gasteiger partial charge on any atom is -0.448 e. The van der Waals surface area contributed by atoms with Gasteiger partial charge in [-0.15, -0.1) is 0 Å². The van der Waals surface area contributed by atoms with Crippen LogP contribution < -0.4 is 0 Å². The lowest BCUT2D eigenvalue weighted by Crippen LogP contribution is -2.45. The average Bonchev–Trinajstić information content (AvgIpc) is 2.50. The molecule has 1 aromatic rings. The number of oxazole rings is 1. The molecule has 1 N–H and O–H groups in total. The van der Waals surface area contributed by atoms with Gasteiger partial charge in [0.1, 0.15) is 5.76 Å². The Labute approximate surface area is 89.9 Å². The minimum atomic E-state index is -0.546. The van der Waals surface area contributed by atoms with Crippen LogP contribution in [-0.4, -0.2) is 33.7 Å². The average molecular weight is 210 g/mol. The fourth-order valence-electron chi connectivity index (χ4n) is 2.15. The summed E-state index contributed by atoms with van der Waals surface area (Å²) in [4.78, 5) is 6.40. The lowest BCUT2D eigenvalue weighted by molar-refractivity contribution is -0.0185. The molecule has 1 saturated heterocycles. The molecule has 4 nitrogen and oxygen atoms in total. The lowest BCUT2D eigenvalue weighted by Gasteiger charge is -2.36. The van der Waals surface area contributed by atoms with E-state index in [-0.39, 0.29) is 0 Å². The quantitative estimate of drug-likeness (QED) is 0.800. The van der Waals surface area contributed by atoms with E-state index in [2.05, 4.69) is 9.88 Å². The highest BCUT2D eigenvalue weighted by Crippen LogP contribution is 2.22. The second kappa shape index (κ2) is 3.94. The third kappa shape index (κ3) is 2.58. The predicted molar refractivity (Wildman–Crippen MR) is 56.4 cm³/mol. The topological polar surface area (TPSA) is 49.5 Å². The number of β-amino-alcohol motifs (C(OH)–C–C–N with tert-alkyl or cyclic N) is 1. The van der Waals surface area contributed by atoms with Crippen molar-refractivity contribution in [1.82, 2.24) is 9.88 Å². The Morgan fingerprint density at radius 1 is 1.67 bits per heavy atom. The normalized spacial score (nSPS) is 28.2. The molecule has 0 bridgehead atoms. The van der Waals surface area contributed by atoms with E-state index in [0.717, 1.165) is 43.9 Å². The van der Waals surface area contributed by atoms with Crippen LogP contribution in [-0.2, 0) is 6.54 Å². The van der Waals surface area contributed by atoms with E-state index in [1.165, 1.54) is 6.39 Å². The van der Waals surface area contributed by atoms with Crippen LogP contribution >= 0.6 is 0 Å². The maximum atomic E-state index is 9.96. The van der Waals surface area contributed by atoms with E-state index >= 15 is 0 Å². The lowest BCUT2D eigenvalue weighted by atomic mass is 9.95. The molecule has 84 valence electrons. The van der Waals surface area contributed by atoms with Crippen molar-refractivity contribution >= 4 is 0 Å². The summed E-state index contributed by atoms with van der Waals surface area (Å²) in [6.07, 6.45) is 3.41. The van der Waals surface area contributed by atoms with Crippen LogP contribution in [0.3, 0.4) is 0 Å². The SMILES string of the molecule is Cc1ocnc1CN1CCCC(C)(O)C1. The zero-order chi connectivity index (χ0) is 10.9. The van der Waals surface area contributed by atoms with Gasteiger partial charge in [0.2, 0.25) is 0 Å². The predicted octanol–water partition coefficient (Wildman–Crippen LogP) is 1.33. The number of hydrogen-bond acceptors (Lipinski definition) is 4. The highest BCUT2D eigenvalue weighted by molar-refractivity contribution is 5.05. The van der Waals surface area contributed by atoms with Crippen LogP contribution in [0.4, 0.5) is 0 Å². The van der Waals surface area contributed by atoms with Gasteiger partial charge in [0, 0.05) is 13.1 Å². The second-order valence-corrected chi connectivity index (χ2v) is 4.67. The second-order valence-electron chi connectivity index (χ2n) is 4.67. The van der Waals surface area contributed by atoms with Crippen molar-refractivity contribution in [1.29, 1.82) is 0 Å². The molecule has 2 heterocycles. The van der Waals surface area contributed by atoms with Crippen molar-refractivity contribution in [2.45, 2.75) is 38.8 Å². The third-order valence-corrected chi connectivity index (χ3v) is 2.97. The van der Waals surface area contributed by atoms with E-state index in [1.54, 1.807) is 0 Å². The molecule has 0 aromatic carbocycles. The van der Waals surface area contributed by atoms with Gasteiger partial charge in [-0.05, 0) is 33.2 Å². The monoisotopic (exact) mass is 210 g/mol. The first-order valence-electron chi connectivity index (χ1n) is 5.40. The van der Waals surface area contributed by atoms with Crippen molar-refractivity contribution in [2.24, 2.45) is 0 Å². The van der Waals surface area contributed by atoms with Gasteiger partial charge in [0.15, 0.2) is 6.39 Å². The molecular formula is C11H18N2O2. The number of rotatable bonds is 2. The summed E-state index contributed by atoms with van der Waals surface area (Å²) in [5.41, 5.74) is 0.434. The summed E-state index contributed by atoms with van der Waals surface area (Å²) in [6, 6.07) is 0. The zero-order valence-electron chi connectivity index (χ0n) is 9.36. The molecule has 15 heavy (non-hydrogen) atoms. The molecular weight excluding hydrogens is 192 g/mol. The standard InChI is InChI=1S/C11H18N2O2/c1-9-10(12-8-15-9)6-13-5-3-4-11(2,14)7-13/h8,14H,3-7H2,1-2H3. The van der Waals surface area contributed by atoms with E-state index in [0.29, 0.717) is 0 Å². The number of piperidine rings is 1. The third-order valence-electron chi connectivity index (χ3n) is 2.97. The number of aliphatic hydroxyl groups is 1. The van der Waals surface area contributed by atoms with Gasteiger partial charge in [-0.25, -0.2) is 4.98 Å². The summed E-state index contributed by atoms with van der Waals surface area (Å²) in [6.45, 7) is 6.35. The maximum Gasteiger partial charge on any atom is 0.181 e. The Morgan fingerprint density at radius 2 is 2.47 bits per heavy atom. The first-order valence-corrected chi connectivity index (χ1v) is 5.40. The Hall–Kier alpha value is -0.870. The molecule has 0 radical (unpaired) electrons. The van der Waals surface area contributed by atoms with Crippen LogP contribution in [0.1, 0.15) is 31.2 Å². The number of aromatic nitrogens is 1. The molecule has 1 aromatic heterocycles. The first kappa shape index (κ1) is 10.6. The maximum absolute atomic E-state index is 9.96. The van der Waals surface area contributed by atoms with Crippen molar-refractivity contribution < 1.29 is 9.52 Å². The van der Waals surface area contributed by atoms with Crippen LogP contribution in [0.25, 0.3) is 0 Å². The Morgan fingerprint density at radius 3 is 3.07 bits per heavy atom. The van der Waals surface area contributed by atoms with E-state index in [1.807, 2.05) is 13.8 Å². The van der Waals surface area contributed by atoms with Crippen molar-refractivity contribution in [2.75, 3.05) is 13.1 Å². The smallest absolute Gasteiger partial charge is 0.181 e. The van der Waals surface area contributed by atoms with Gasteiger partial charge in [0.05, 0.1) is 11.3 Å². The molecule has 1 unspecified atom stereocenters. The highest BCUT2D eigenvalue weighted by Gasteiger charge is 2.28.